The largest absolute Gasteiger partial charge is 0.504 e. The Kier molecular flexibility index (Phi) is 2.47. The van der Waals surface area contributed by atoms with Gasteiger partial charge in [-0.2, -0.15) is 0 Å². The van der Waals surface area contributed by atoms with Crippen molar-refractivity contribution in [2.24, 2.45) is 0 Å². The summed E-state index contributed by atoms with van der Waals surface area (Å²) in [4.78, 5) is 7.03. The van der Waals surface area contributed by atoms with Crippen LogP contribution in [0.5, 0.6) is 11.5 Å². The van der Waals surface area contributed by atoms with Gasteiger partial charge in [-0.25, -0.2) is 4.98 Å². The molecule has 3 N–H and O–H groups in total. The number of phenolic OH excluding ortho intramolecular Hbond substituents is 2. The van der Waals surface area contributed by atoms with Crippen LogP contribution < -0.4 is 0 Å². The van der Waals surface area contributed by atoms with Gasteiger partial charge in [0.2, 0.25) is 0 Å². The molecule has 2 aromatic rings. The van der Waals surface area contributed by atoms with Crippen molar-refractivity contribution in [2.75, 3.05) is 0 Å². The van der Waals surface area contributed by atoms with E-state index in [2.05, 4.69) is 9.97 Å². The number of hydrogen-bond acceptors (Lipinski definition) is 3. The highest BCUT2D eigenvalue weighted by atomic mass is 79.9. The Balaban J connectivity index is 0.000000845. The number of fused-ring (bicyclic) bond motifs is 1. The maximum Gasteiger partial charge on any atom is 0.159 e. The number of halogens is 1. The molecule has 0 saturated heterocycles. The van der Waals surface area contributed by atoms with Crippen molar-refractivity contribution in [1.82, 2.24) is 9.97 Å². The first-order chi connectivity index (χ1) is 5.66. The minimum atomic E-state index is -0.144. The number of aromatic hydroxyl groups is 2. The van der Waals surface area contributed by atoms with Crippen molar-refractivity contribution in [3.05, 3.63) is 18.0 Å². The molecule has 0 aliphatic carbocycles. The lowest BCUT2D eigenvalue weighted by molar-refractivity contribution is 0.405. The number of imidazole rings is 1. The zero-order chi connectivity index (χ0) is 8.72. The van der Waals surface area contributed by atoms with Crippen LogP contribution in [0.15, 0.2) is 12.1 Å². The summed E-state index contributed by atoms with van der Waals surface area (Å²) < 4.78 is 0. The third kappa shape index (κ3) is 1.60. The molecule has 0 radical (unpaired) electrons. The quantitative estimate of drug-likeness (QED) is 0.620. The van der Waals surface area contributed by atoms with E-state index < -0.39 is 0 Å². The van der Waals surface area contributed by atoms with Crippen molar-refractivity contribution in [2.45, 2.75) is 6.92 Å². The SMILES string of the molecule is Br.Cc1nc2cc(O)c(O)cc2[nH]1. The molecule has 0 saturated carbocycles. The summed E-state index contributed by atoms with van der Waals surface area (Å²) in [5.41, 5.74) is 1.38. The Hall–Kier alpha value is -1.23. The van der Waals surface area contributed by atoms with Gasteiger partial charge < -0.3 is 15.2 Å². The maximum atomic E-state index is 9.13. The molecule has 0 spiro atoms. The van der Waals surface area contributed by atoms with Crippen LogP contribution in [0.3, 0.4) is 0 Å². The first kappa shape index (κ1) is 9.85. The van der Waals surface area contributed by atoms with Gasteiger partial charge in [-0.3, -0.25) is 0 Å². The molecule has 1 aromatic carbocycles. The highest BCUT2D eigenvalue weighted by Gasteiger charge is 2.04. The minimum Gasteiger partial charge on any atom is -0.504 e. The molecular formula is C8H9BrN2O2. The van der Waals surface area contributed by atoms with E-state index in [1.165, 1.54) is 12.1 Å². The number of nitrogens with zero attached hydrogens (tertiary/aromatic N) is 1. The fourth-order valence-electron chi connectivity index (χ4n) is 1.16. The van der Waals surface area contributed by atoms with Crippen LogP contribution >= 0.6 is 17.0 Å². The Morgan fingerprint density at radius 3 is 2.54 bits per heavy atom. The summed E-state index contributed by atoms with van der Waals surface area (Å²) in [6.07, 6.45) is 0. The summed E-state index contributed by atoms with van der Waals surface area (Å²) in [5.74, 6) is 0.482. The number of H-pyrrole nitrogens is 1. The summed E-state index contributed by atoms with van der Waals surface area (Å²) in [7, 11) is 0. The highest BCUT2D eigenvalue weighted by molar-refractivity contribution is 8.93. The van der Waals surface area contributed by atoms with Crippen molar-refractivity contribution in [3.63, 3.8) is 0 Å². The molecule has 13 heavy (non-hydrogen) atoms. The lowest BCUT2D eigenvalue weighted by atomic mass is 10.3. The number of aromatic nitrogens is 2. The summed E-state index contributed by atoms with van der Waals surface area (Å²) in [6, 6.07) is 2.87. The molecule has 0 bridgehead atoms. The number of nitrogens with one attached hydrogen (secondary N) is 1. The van der Waals surface area contributed by atoms with Crippen LogP contribution in [0.25, 0.3) is 11.0 Å². The number of benzene rings is 1. The molecule has 1 heterocycles. The van der Waals surface area contributed by atoms with Gasteiger partial charge in [0, 0.05) is 12.1 Å². The van der Waals surface area contributed by atoms with E-state index in [4.69, 9.17) is 10.2 Å². The molecule has 0 aliphatic heterocycles. The van der Waals surface area contributed by atoms with Gasteiger partial charge in [-0.05, 0) is 6.92 Å². The van der Waals surface area contributed by atoms with Crippen LogP contribution in [-0.4, -0.2) is 20.2 Å². The van der Waals surface area contributed by atoms with Gasteiger partial charge >= 0.3 is 0 Å². The second-order valence-electron chi connectivity index (χ2n) is 2.68. The molecule has 0 unspecified atom stereocenters. The summed E-state index contributed by atoms with van der Waals surface area (Å²) >= 11 is 0. The van der Waals surface area contributed by atoms with Crippen LogP contribution in [0.1, 0.15) is 5.82 Å². The summed E-state index contributed by atoms with van der Waals surface area (Å²) in [5, 5.41) is 18.3. The smallest absolute Gasteiger partial charge is 0.159 e. The molecule has 4 nitrogen and oxygen atoms in total. The average Bonchev–Trinajstić information content (AvgIpc) is 2.30. The fourth-order valence-corrected chi connectivity index (χ4v) is 1.16. The van der Waals surface area contributed by atoms with Gasteiger partial charge in [0.1, 0.15) is 5.82 Å². The van der Waals surface area contributed by atoms with Crippen molar-refractivity contribution in [3.8, 4) is 11.5 Å². The van der Waals surface area contributed by atoms with E-state index in [-0.39, 0.29) is 28.5 Å². The van der Waals surface area contributed by atoms with Crippen LogP contribution in [0.2, 0.25) is 0 Å². The lowest BCUT2D eigenvalue weighted by Crippen LogP contribution is -1.71. The third-order valence-electron chi connectivity index (χ3n) is 1.70. The molecular weight excluding hydrogens is 236 g/mol. The van der Waals surface area contributed by atoms with Crippen molar-refractivity contribution >= 4 is 28.0 Å². The molecule has 2 rings (SSSR count). The zero-order valence-electron chi connectivity index (χ0n) is 6.90. The van der Waals surface area contributed by atoms with Gasteiger partial charge in [0.05, 0.1) is 11.0 Å². The van der Waals surface area contributed by atoms with E-state index in [0.29, 0.717) is 5.52 Å². The fraction of sp³-hybridized carbons (Fsp3) is 0.125. The predicted octanol–water partition coefficient (Wildman–Crippen LogP) is 1.86. The van der Waals surface area contributed by atoms with Gasteiger partial charge in [0.15, 0.2) is 11.5 Å². The first-order valence-electron chi connectivity index (χ1n) is 3.55. The molecule has 0 amide bonds. The topological polar surface area (TPSA) is 69.1 Å². The maximum absolute atomic E-state index is 9.13. The average molecular weight is 245 g/mol. The monoisotopic (exact) mass is 244 g/mol. The number of aromatic amines is 1. The first-order valence-corrected chi connectivity index (χ1v) is 3.55. The molecule has 5 heteroatoms. The van der Waals surface area contributed by atoms with Crippen LogP contribution in [-0.2, 0) is 0 Å². The molecule has 70 valence electrons. The van der Waals surface area contributed by atoms with E-state index in [1.807, 2.05) is 6.92 Å². The Labute approximate surface area is 85.0 Å². The van der Waals surface area contributed by atoms with Crippen molar-refractivity contribution in [1.29, 1.82) is 0 Å². The number of aryl methyl sites for hydroxylation is 1. The second-order valence-corrected chi connectivity index (χ2v) is 2.68. The van der Waals surface area contributed by atoms with E-state index in [1.54, 1.807) is 0 Å². The molecule has 0 aliphatic rings. The Morgan fingerprint density at radius 2 is 1.85 bits per heavy atom. The standard InChI is InChI=1S/C8H8N2O2.BrH/c1-4-9-5-2-7(11)8(12)3-6(5)10-4;/h2-3,11-12H,1H3,(H,9,10);1H. The van der Waals surface area contributed by atoms with Crippen molar-refractivity contribution < 1.29 is 10.2 Å². The molecule has 1 aromatic heterocycles. The Bertz CT molecular complexity index is 400. The zero-order valence-corrected chi connectivity index (χ0v) is 8.62. The summed E-state index contributed by atoms with van der Waals surface area (Å²) in [6.45, 7) is 1.81. The van der Waals surface area contributed by atoms with Gasteiger partial charge in [-0.15, -0.1) is 17.0 Å². The van der Waals surface area contributed by atoms with Crippen LogP contribution in [0, 0.1) is 6.92 Å². The highest BCUT2D eigenvalue weighted by Crippen LogP contribution is 2.28. The molecule has 0 atom stereocenters. The van der Waals surface area contributed by atoms with Gasteiger partial charge in [-0.1, -0.05) is 0 Å². The minimum absolute atomic E-state index is 0. The third-order valence-corrected chi connectivity index (χ3v) is 1.70. The predicted molar refractivity (Wildman–Crippen MR) is 54.5 cm³/mol. The molecule has 0 fully saturated rings. The van der Waals surface area contributed by atoms with Crippen LogP contribution in [0.4, 0.5) is 0 Å². The van der Waals surface area contributed by atoms with E-state index in [9.17, 15) is 0 Å². The van der Waals surface area contributed by atoms with Gasteiger partial charge in [0.25, 0.3) is 0 Å². The second kappa shape index (κ2) is 3.26. The lowest BCUT2D eigenvalue weighted by Gasteiger charge is -1.94. The van der Waals surface area contributed by atoms with E-state index >= 15 is 0 Å². The number of phenols is 2. The van der Waals surface area contributed by atoms with E-state index in [0.717, 1.165) is 11.3 Å². The number of rotatable bonds is 0. The Morgan fingerprint density at radius 1 is 1.23 bits per heavy atom. The number of hydrogen-bond donors (Lipinski definition) is 3. The normalized spacial score (nSPS) is 9.92.